The lowest BCUT2D eigenvalue weighted by Crippen LogP contribution is -2.54. The summed E-state index contributed by atoms with van der Waals surface area (Å²) in [6.45, 7) is -0.243. The van der Waals surface area contributed by atoms with Gasteiger partial charge in [-0.15, -0.1) is 0 Å². The number of ether oxygens (including phenoxy) is 2. The number of para-hydroxylation sites is 3. The van der Waals surface area contributed by atoms with Crippen molar-refractivity contribution in [3.8, 4) is 11.5 Å². The molecule has 0 radical (unpaired) electrons. The average Bonchev–Trinajstić information content (AvgIpc) is 2.86. The summed E-state index contributed by atoms with van der Waals surface area (Å²) < 4.78 is 10.8. The van der Waals surface area contributed by atoms with Gasteiger partial charge in [-0.25, -0.2) is 0 Å². The monoisotopic (exact) mass is 487 g/mol. The molecule has 0 bridgehead atoms. The third-order valence-corrected chi connectivity index (χ3v) is 5.32. The van der Waals surface area contributed by atoms with Gasteiger partial charge in [0.2, 0.25) is 0 Å². The van der Waals surface area contributed by atoms with E-state index < -0.39 is 11.8 Å². The summed E-state index contributed by atoms with van der Waals surface area (Å²) in [5.41, 5.74) is 1.55. The molecular formula is C26H21N3O5S. The van der Waals surface area contributed by atoms with Crippen molar-refractivity contribution in [3.05, 3.63) is 90.0 Å². The van der Waals surface area contributed by atoms with Crippen molar-refractivity contribution in [3.63, 3.8) is 0 Å². The molecule has 0 spiro atoms. The lowest BCUT2D eigenvalue weighted by molar-refractivity contribution is -0.122. The van der Waals surface area contributed by atoms with Crippen LogP contribution in [0.3, 0.4) is 0 Å². The van der Waals surface area contributed by atoms with Crippen LogP contribution in [-0.4, -0.2) is 36.6 Å². The number of amides is 3. The van der Waals surface area contributed by atoms with E-state index in [1.54, 1.807) is 72.8 Å². The average molecular weight is 488 g/mol. The highest BCUT2D eigenvalue weighted by molar-refractivity contribution is 7.80. The molecule has 0 atom stereocenters. The number of benzene rings is 3. The predicted molar refractivity (Wildman–Crippen MR) is 136 cm³/mol. The van der Waals surface area contributed by atoms with Crippen LogP contribution >= 0.6 is 12.2 Å². The zero-order valence-electron chi connectivity index (χ0n) is 18.7. The van der Waals surface area contributed by atoms with E-state index >= 15 is 0 Å². The van der Waals surface area contributed by atoms with E-state index in [-0.39, 0.29) is 23.2 Å². The number of anilines is 2. The molecule has 4 rings (SSSR count). The van der Waals surface area contributed by atoms with Crippen LogP contribution in [0.25, 0.3) is 6.08 Å². The van der Waals surface area contributed by atoms with E-state index in [2.05, 4.69) is 10.6 Å². The van der Waals surface area contributed by atoms with Crippen molar-refractivity contribution >= 4 is 52.5 Å². The molecule has 1 fully saturated rings. The smallest absolute Gasteiger partial charge is 0.270 e. The van der Waals surface area contributed by atoms with E-state index in [9.17, 15) is 14.4 Å². The van der Waals surface area contributed by atoms with Crippen LogP contribution in [-0.2, 0) is 14.4 Å². The highest BCUT2D eigenvalue weighted by atomic mass is 32.1. The molecule has 9 heteroatoms. The second kappa shape index (κ2) is 10.6. The number of nitrogens with one attached hydrogen (secondary N) is 2. The number of carbonyl (C=O) groups is 3. The van der Waals surface area contributed by atoms with Crippen molar-refractivity contribution in [2.24, 2.45) is 0 Å². The molecule has 1 aliphatic rings. The summed E-state index contributed by atoms with van der Waals surface area (Å²) in [4.78, 5) is 39.2. The third-order valence-electron chi connectivity index (χ3n) is 5.04. The number of hydrogen-bond acceptors (Lipinski definition) is 6. The fourth-order valence-corrected chi connectivity index (χ4v) is 3.69. The van der Waals surface area contributed by atoms with Crippen LogP contribution in [0, 0.1) is 0 Å². The minimum atomic E-state index is -0.588. The fourth-order valence-electron chi connectivity index (χ4n) is 3.41. The van der Waals surface area contributed by atoms with Crippen LogP contribution in [0.5, 0.6) is 11.5 Å². The van der Waals surface area contributed by atoms with Gasteiger partial charge < -0.3 is 14.8 Å². The second-order valence-electron chi connectivity index (χ2n) is 7.40. The Morgan fingerprint density at radius 2 is 1.77 bits per heavy atom. The second-order valence-corrected chi connectivity index (χ2v) is 7.79. The number of hydrogen-bond donors (Lipinski definition) is 2. The zero-order chi connectivity index (χ0) is 24.8. The molecular weight excluding hydrogens is 466 g/mol. The largest absolute Gasteiger partial charge is 0.495 e. The van der Waals surface area contributed by atoms with E-state index in [0.717, 1.165) is 0 Å². The minimum Gasteiger partial charge on any atom is -0.495 e. The molecule has 1 aliphatic heterocycles. The maximum atomic E-state index is 13.1. The topological polar surface area (TPSA) is 97.0 Å². The van der Waals surface area contributed by atoms with Gasteiger partial charge in [-0.05, 0) is 60.3 Å². The Morgan fingerprint density at radius 1 is 1.03 bits per heavy atom. The van der Waals surface area contributed by atoms with Crippen LogP contribution in [0.2, 0.25) is 0 Å². The highest BCUT2D eigenvalue weighted by Crippen LogP contribution is 2.24. The maximum absolute atomic E-state index is 13.1. The molecule has 0 unspecified atom stereocenters. The summed E-state index contributed by atoms with van der Waals surface area (Å²) >= 11 is 5.20. The van der Waals surface area contributed by atoms with E-state index in [1.165, 1.54) is 18.1 Å². The Bertz CT molecular complexity index is 1320. The number of rotatable bonds is 7. The van der Waals surface area contributed by atoms with Crippen molar-refractivity contribution < 1.29 is 23.9 Å². The zero-order valence-corrected chi connectivity index (χ0v) is 19.5. The Morgan fingerprint density at radius 3 is 2.54 bits per heavy atom. The van der Waals surface area contributed by atoms with Gasteiger partial charge in [-0.2, -0.15) is 0 Å². The van der Waals surface area contributed by atoms with E-state index in [4.69, 9.17) is 21.7 Å². The molecule has 1 saturated heterocycles. The van der Waals surface area contributed by atoms with Crippen molar-refractivity contribution in [1.29, 1.82) is 0 Å². The fraction of sp³-hybridized carbons (Fsp3) is 0.0769. The van der Waals surface area contributed by atoms with Crippen LogP contribution in [0.1, 0.15) is 5.56 Å². The van der Waals surface area contributed by atoms with Gasteiger partial charge in [-0.3, -0.25) is 24.6 Å². The van der Waals surface area contributed by atoms with E-state index in [0.29, 0.717) is 28.4 Å². The maximum Gasteiger partial charge on any atom is 0.270 e. The number of thiocarbonyl (C=S) groups is 1. The Hall–Kier alpha value is -4.50. The third kappa shape index (κ3) is 5.53. The molecule has 35 heavy (non-hydrogen) atoms. The Kier molecular flexibility index (Phi) is 7.18. The molecule has 3 amide bonds. The Labute approximate surface area is 207 Å². The summed E-state index contributed by atoms with van der Waals surface area (Å²) in [5, 5.41) is 5.30. The molecule has 1 heterocycles. The van der Waals surface area contributed by atoms with Crippen molar-refractivity contribution in [2.45, 2.75) is 0 Å². The van der Waals surface area contributed by atoms with Crippen molar-refractivity contribution in [1.82, 2.24) is 5.32 Å². The molecule has 0 aromatic heterocycles. The normalized spacial score (nSPS) is 14.5. The first kappa shape index (κ1) is 23.7. The van der Waals surface area contributed by atoms with Crippen LogP contribution < -0.4 is 25.0 Å². The first-order chi connectivity index (χ1) is 17.0. The minimum absolute atomic E-state index is 0.0153. The first-order valence-electron chi connectivity index (χ1n) is 10.6. The molecule has 2 N–H and O–H groups in total. The summed E-state index contributed by atoms with van der Waals surface area (Å²) in [5.74, 6) is -0.559. The lowest BCUT2D eigenvalue weighted by atomic mass is 10.1. The van der Waals surface area contributed by atoms with Crippen LogP contribution in [0.15, 0.2) is 84.4 Å². The molecule has 3 aromatic rings. The summed E-state index contributed by atoms with van der Waals surface area (Å²) in [6, 6.07) is 22.6. The summed E-state index contributed by atoms with van der Waals surface area (Å²) in [6.07, 6.45) is 1.46. The highest BCUT2D eigenvalue weighted by Gasteiger charge is 2.34. The standard InChI is InChI=1S/C26H21N3O5S/c1-33-22-13-6-5-12-21(22)27-23(30)16-34-19-11-7-8-17(14-19)15-20-24(31)28-26(35)29(25(20)32)18-9-3-2-4-10-18/h2-15H,16H2,1H3,(H,27,30)(H,28,31,35)/b20-15-. The Balaban J connectivity index is 1.47. The number of carbonyl (C=O) groups excluding carboxylic acids is 3. The first-order valence-corrected chi connectivity index (χ1v) is 11.0. The summed E-state index contributed by atoms with van der Waals surface area (Å²) in [7, 11) is 1.52. The van der Waals surface area contributed by atoms with Crippen molar-refractivity contribution in [2.75, 3.05) is 23.9 Å². The molecule has 0 aliphatic carbocycles. The number of methoxy groups -OCH3 is 1. The molecule has 8 nitrogen and oxygen atoms in total. The SMILES string of the molecule is COc1ccccc1NC(=O)COc1cccc(/C=C2/C(=O)NC(=S)N(c3ccccc3)C2=O)c1. The molecule has 3 aromatic carbocycles. The van der Waals surface area contributed by atoms with Gasteiger partial charge in [0, 0.05) is 0 Å². The van der Waals surface area contributed by atoms with Gasteiger partial charge in [0.05, 0.1) is 18.5 Å². The van der Waals surface area contributed by atoms with Gasteiger partial charge in [0.1, 0.15) is 17.1 Å². The van der Waals surface area contributed by atoms with Gasteiger partial charge in [-0.1, -0.05) is 42.5 Å². The predicted octanol–water partition coefficient (Wildman–Crippen LogP) is 3.54. The van der Waals surface area contributed by atoms with Gasteiger partial charge in [0.25, 0.3) is 17.7 Å². The molecule has 0 saturated carbocycles. The van der Waals surface area contributed by atoms with E-state index in [1.807, 2.05) is 6.07 Å². The van der Waals surface area contributed by atoms with Gasteiger partial charge >= 0.3 is 0 Å². The van der Waals surface area contributed by atoms with Crippen LogP contribution in [0.4, 0.5) is 11.4 Å². The van der Waals surface area contributed by atoms with Gasteiger partial charge in [0.15, 0.2) is 11.7 Å². The lowest BCUT2D eigenvalue weighted by Gasteiger charge is -2.28. The molecule has 176 valence electrons. The number of nitrogens with zero attached hydrogens (tertiary/aromatic N) is 1. The quantitative estimate of drug-likeness (QED) is 0.301.